The van der Waals surface area contributed by atoms with Gasteiger partial charge in [-0.2, -0.15) is 0 Å². The van der Waals surface area contributed by atoms with Crippen molar-refractivity contribution < 1.29 is 0 Å². The number of piperidine rings is 2. The standard InChI is InChI=1S/C9H17N.C9H9N.C5H5N/c2*1-3-7-10-8-4-2-6-9(10)5-1;1-2-4-6-5-3-1/h9H,1-8H2;1-7H,8H2;1-5H. The molecular weight excluding hydrogens is 318 g/mol. The average Bonchev–Trinajstić information content (AvgIpc) is 2.76. The number of rotatable bonds is 0. The van der Waals surface area contributed by atoms with E-state index in [0.717, 1.165) is 12.6 Å². The van der Waals surface area contributed by atoms with Crippen molar-refractivity contribution in [1.82, 2.24) is 14.8 Å². The molecule has 1 aromatic rings. The van der Waals surface area contributed by atoms with Crippen molar-refractivity contribution in [3.63, 3.8) is 0 Å². The summed E-state index contributed by atoms with van der Waals surface area (Å²) in [6.45, 7) is 3.79. The highest BCUT2D eigenvalue weighted by Gasteiger charge is 2.24. The van der Waals surface area contributed by atoms with E-state index in [4.69, 9.17) is 0 Å². The number of hydrogen-bond donors (Lipinski definition) is 0. The Morgan fingerprint density at radius 3 is 2.19 bits per heavy atom. The van der Waals surface area contributed by atoms with E-state index in [-0.39, 0.29) is 0 Å². The Morgan fingerprint density at radius 2 is 1.62 bits per heavy atom. The first-order chi connectivity index (χ1) is 12.9. The van der Waals surface area contributed by atoms with Crippen molar-refractivity contribution in [2.75, 3.05) is 19.6 Å². The Hall–Kier alpha value is -2.13. The van der Waals surface area contributed by atoms with Crippen LogP contribution in [0, 0.1) is 0 Å². The molecule has 2 fully saturated rings. The fourth-order valence-corrected chi connectivity index (χ4v) is 3.84. The molecule has 5 rings (SSSR count). The smallest absolute Gasteiger partial charge is 0.0409 e. The van der Waals surface area contributed by atoms with Gasteiger partial charge in [0.15, 0.2) is 0 Å². The molecule has 26 heavy (non-hydrogen) atoms. The zero-order valence-electron chi connectivity index (χ0n) is 15.7. The summed E-state index contributed by atoms with van der Waals surface area (Å²) in [5, 5.41) is 0. The second-order valence-electron chi connectivity index (χ2n) is 7.08. The van der Waals surface area contributed by atoms with Gasteiger partial charge in [0, 0.05) is 36.9 Å². The van der Waals surface area contributed by atoms with Gasteiger partial charge in [0.25, 0.3) is 0 Å². The van der Waals surface area contributed by atoms with Crippen molar-refractivity contribution in [2.45, 2.75) is 44.6 Å². The fourth-order valence-electron chi connectivity index (χ4n) is 3.84. The van der Waals surface area contributed by atoms with Crippen molar-refractivity contribution in [3.8, 4) is 0 Å². The minimum atomic E-state index is 0.988. The number of aromatic nitrogens is 1. The lowest BCUT2D eigenvalue weighted by atomic mass is 9.93. The Kier molecular flexibility index (Phi) is 7.73. The third kappa shape index (κ3) is 5.99. The zero-order valence-corrected chi connectivity index (χ0v) is 15.7. The van der Waals surface area contributed by atoms with Crippen molar-refractivity contribution in [2.24, 2.45) is 0 Å². The molecule has 2 saturated heterocycles. The third-order valence-corrected chi connectivity index (χ3v) is 5.23. The number of fused-ring (bicyclic) bond motifs is 2. The van der Waals surface area contributed by atoms with Crippen LogP contribution in [0.1, 0.15) is 38.5 Å². The van der Waals surface area contributed by atoms with Gasteiger partial charge < -0.3 is 9.80 Å². The van der Waals surface area contributed by atoms with Crippen LogP contribution in [0.2, 0.25) is 0 Å². The molecular formula is C23H31N3. The van der Waals surface area contributed by atoms with Gasteiger partial charge in [0.05, 0.1) is 0 Å². The maximum atomic E-state index is 3.78. The maximum Gasteiger partial charge on any atom is 0.0409 e. The lowest BCUT2D eigenvalue weighted by molar-refractivity contribution is 0.109. The predicted octanol–water partition coefficient (Wildman–Crippen LogP) is 4.93. The van der Waals surface area contributed by atoms with Crippen LogP contribution in [-0.2, 0) is 0 Å². The highest BCUT2D eigenvalue weighted by atomic mass is 15.2. The molecule has 5 heterocycles. The predicted molar refractivity (Wildman–Crippen MR) is 110 cm³/mol. The normalized spacial score (nSPS) is 21.4. The van der Waals surface area contributed by atoms with Gasteiger partial charge in [0.1, 0.15) is 0 Å². The highest BCUT2D eigenvalue weighted by molar-refractivity contribution is 5.33. The van der Waals surface area contributed by atoms with Gasteiger partial charge in [-0.25, -0.2) is 0 Å². The Labute approximate surface area is 158 Å². The Balaban J connectivity index is 0.000000117. The summed E-state index contributed by atoms with van der Waals surface area (Å²) >= 11 is 0. The van der Waals surface area contributed by atoms with Gasteiger partial charge in [0.2, 0.25) is 0 Å². The third-order valence-electron chi connectivity index (χ3n) is 5.23. The van der Waals surface area contributed by atoms with Crippen molar-refractivity contribution >= 4 is 0 Å². The molecule has 1 aromatic heterocycles. The summed E-state index contributed by atoms with van der Waals surface area (Å²) in [5.41, 5.74) is 1.28. The topological polar surface area (TPSA) is 19.4 Å². The van der Waals surface area contributed by atoms with Crippen LogP contribution in [0.15, 0.2) is 78.9 Å². The van der Waals surface area contributed by atoms with Gasteiger partial charge in [-0.1, -0.05) is 37.1 Å². The summed E-state index contributed by atoms with van der Waals surface area (Å²) < 4.78 is 0. The van der Waals surface area contributed by atoms with Gasteiger partial charge in [-0.15, -0.1) is 0 Å². The molecule has 0 saturated carbocycles. The molecule has 0 radical (unpaired) electrons. The van der Waals surface area contributed by atoms with E-state index in [1.807, 2.05) is 18.2 Å². The molecule has 0 amide bonds. The first-order valence-corrected chi connectivity index (χ1v) is 10.0. The number of pyridine rings is 1. The highest BCUT2D eigenvalue weighted by Crippen LogP contribution is 2.25. The molecule has 0 atom stereocenters. The van der Waals surface area contributed by atoms with E-state index < -0.39 is 0 Å². The Bertz CT molecular complexity index is 577. The van der Waals surface area contributed by atoms with E-state index >= 15 is 0 Å². The molecule has 138 valence electrons. The van der Waals surface area contributed by atoms with Gasteiger partial charge in [-0.05, 0) is 69.1 Å². The quantitative estimate of drug-likeness (QED) is 0.662. The van der Waals surface area contributed by atoms with E-state index in [1.54, 1.807) is 12.4 Å². The van der Waals surface area contributed by atoms with E-state index in [2.05, 4.69) is 57.4 Å². The second-order valence-corrected chi connectivity index (χ2v) is 7.08. The summed E-state index contributed by atoms with van der Waals surface area (Å²) in [5.74, 6) is 0. The zero-order chi connectivity index (χ0) is 17.9. The number of hydrogen-bond acceptors (Lipinski definition) is 3. The van der Waals surface area contributed by atoms with Crippen LogP contribution in [0.3, 0.4) is 0 Å². The molecule has 0 spiro atoms. The van der Waals surface area contributed by atoms with Crippen LogP contribution in [0.4, 0.5) is 0 Å². The van der Waals surface area contributed by atoms with E-state index in [9.17, 15) is 0 Å². The minimum absolute atomic E-state index is 0.988. The van der Waals surface area contributed by atoms with Crippen LogP contribution in [0.5, 0.6) is 0 Å². The monoisotopic (exact) mass is 349 g/mol. The molecule has 0 N–H and O–H groups in total. The first-order valence-electron chi connectivity index (χ1n) is 10.0. The second kappa shape index (κ2) is 10.8. The van der Waals surface area contributed by atoms with Crippen LogP contribution in [0.25, 0.3) is 0 Å². The number of allylic oxidation sites excluding steroid dienone is 5. The molecule has 4 aliphatic rings. The molecule has 0 aliphatic carbocycles. The lowest BCUT2D eigenvalue weighted by Crippen LogP contribution is -2.42. The van der Waals surface area contributed by atoms with Crippen LogP contribution in [-0.4, -0.2) is 40.5 Å². The Morgan fingerprint density at radius 1 is 0.846 bits per heavy atom. The average molecular weight is 350 g/mol. The van der Waals surface area contributed by atoms with E-state index in [0.29, 0.717) is 0 Å². The first kappa shape index (κ1) is 18.7. The van der Waals surface area contributed by atoms with Gasteiger partial charge >= 0.3 is 0 Å². The molecule has 0 unspecified atom stereocenters. The van der Waals surface area contributed by atoms with E-state index in [1.165, 1.54) is 57.3 Å². The van der Waals surface area contributed by atoms with Gasteiger partial charge in [-0.3, -0.25) is 4.98 Å². The largest absolute Gasteiger partial charge is 0.344 e. The van der Waals surface area contributed by atoms with Crippen LogP contribution < -0.4 is 0 Å². The maximum absolute atomic E-state index is 3.78. The molecule has 3 heteroatoms. The summed E-state index contributed by atoms with van der Waals surface area (Å²) in [7, 11) is 0. The lowest BCUT2D eigenvalue weighted by Gasteiger charge is -2.39. The fraction of sp³-hybridized carbons (Fsp3) is 0.435. The minimum Gasteiger partial charge on any atom is -0.344 e. The molecule has 0 aromatic carbocycles. The number of nitrogens with zero attached hydrogens (tertiary/aromatic N) is 3. The SMILES string of the molecule is C1=CCN2C=CC=CC2=C1.C1CCN2CCCCC2C1.c1ccncc1. The molecule has 3 nitrogen and oxygen atoms in total. The summed E-state index contributed by atoms with van der Waals surface area (Å²) in [6, 6.07) is 6.70. The van der Waals surface area contributed by atoms with Crippen molar-refractivity contribution in [1.29, 1.82) is 0 Å². The van der Waals surface area contributed by atoms with Crippen LogP contribution >= 0.6 is 0 Å². The van der Waals surface area contributed by atoms with Crippen molar-refractivity contribution in [3.05, 3.63) is 78.9 Å². The summed E-state index contributed by atoms with van der Waals surface area (Å²) in [6.07, 6.45) is 27.0. The summed E-state index contributed by atoms with van der Waals surface area (Å²) in [4.78, 5) is 8.69. The molecule has 4 aliphatic heterocycles. The molecule has 0 bridgehead atoms.